The average Bonchev–Trinajstić information content (AvgIpc) is 2.95. The van der Waals surface area contributed by atoms with Crippen LogP contribution in [0.15, 0.2) is 0 Å². The number of amides is 1. The summed E-state index contributed by atoms with van der Waals surface area (Å²) in [6.45, 7) is 20.5. The lowest BCUT2D eigenvalue weighted by Crippen LogP contribution is -2.60. The Morgan fingerprint density at radius 1 is 1.03 bits per heavy atom. The van der Waals surface area contributed by atoms with Crippen molar-refractivity contribution in [1.82, 2.24) is 5.32 Å². The number of methoxy groups -OCH3 is 1. The van der Waals surface area contributed by atoms with Crippen molar-refractivity contribution in [3.8, 4) is 0 Å². The SMILES string of the molecule is COC(=O)[C@@H](O[Si](C)(C)C(C)(C)C)[C@@H](O[Si](C)(C)C(C)(C)C)[C@@H]1OC(=O)N[C@@H]1C=O. The lowest BCUT2D eigenvalue weighted by atomic mass is 10.0. The van der Waals surface area contributed by atoms with Crippen LogP contribution in [0.1, 0.15) is 41.5 Å². The van der Waals surface area contributed by atoms with E-state index in [9.17, 15) is 14.4 Å². The number of hydrogen-bond donors (Lipinski definition) is 1. The molecule has 30 heavy (non-hydrogen) atoms. The first-order chi connectivity index (χ1) is 13.4. The van der Waals surface area contributed by atoms with Crippen molar-refractivity contribution in [2.24, 2.45) is 0 Å². The Labute approximate surface area is 182 Å². The molecule has 1 saturated heterocycles. The minimum atomic E-state index is -2.45. The van der Waals surface area contributed by atoms with Gasteiger partial charge in [0.1, 0.15) is 18.4 Å². The smallest absolute Gasteiger partial charge is 0.408 e. The first-order valence-electron chi connectivity index (χ1n) is 10.2. The second-order valence-electron chi connectivity index (χ2n) is 10.8. The Balaban J connectivity index is 3.51. The van der Waals surface area contributed by atoms with Gasteiger partial charge in [-0.25, -0.2) is 9.59 Å². The fourth-order valence-electron chi connectivity index (χ4n) is 2.51. The molecule has 0 spiro atoms. The number of nitrogens with one attached hydrogen (secondary N) is 1. The maximum absolute atomic E-state index is 12.9. The van der Waals surface area contributed by atoms with Crippen molar-refractivity contribution in [2.75, 3.05) is 7.11 Å². The zero-order valence-electron chi connectivity index (χ0n) is 20.2. The summed E-state index contributed by atoms with van der Waals surface area (Å²) in [6.07, 6.45) is -3.25. The number of hydrogen-bond acceptors (Lipinski definition) is 7. The summed E-state index contributed by atoms with van der Waals surface area (Å²) in [5.41, 5.74) is 0. The largest absolute Gasteiger partial charge is 0.467 e. The van der Waals surface area contributed by atoms with Crippen molar-refractivity contribution in [1.29, 1.82) is 0 Å². The van der Waals surface area contributed by atoms with Crippen LogP contribution in [-0.4, -0.2) is 66.4 Å². The van der Waals surface area contributed by atoms with Gasteiger partial charge in [0.25, 0.3) is 0 Å². The second kappa shape index (κ2) is 9.09. The van der Waals surface area contributed by atoms with Crippen LogP contribution in [-0.2, 0) is 27.9 Å². The van der Waals surface area contributed by atoms with Gasteiger partial charge in [-0.05, 0) is 36.3 Å². The molecule has 174 valence electrons. The minimum Gasteiger partial charge on any atom is -0.467 e. The molecule has 1 rings (SSSR count). The van der Waals surface area contributed by atoms with E-state index in [1.54, 1.807) is 0 Å². The molecule has 0 aliphatic carbocycles. The lowest BCUT2D eigenvalue weighted by molar-refractivity contribution is -0.158. The molecule has 1 amide bonds. The normalized spacial score (nSPS) is 22.7. The molecule has 1 heterocycles. The zero-order valence-corrected chi connectivity index (χ0v) is 22.2. The highest BCUT2D eigenvalue weighted by atomic mass is 28.4. The van der Waals surface area contributed by atoms with Crippen LogP contribution in [0.25, 0.3) is 0 Å². The molecule has 0 aromatic heterocycles. The third kappa shape index (κ3) is 5.92. The Hall–Kier alpha value is -1.24. The topological polar surface area (TPSA) is 100 Å². The minimum absolute atomic E-state index is 0.185. The van der Waals surface area contributed by atoms with Crippen LogP contribution >= 0.6 is 0 Å². The van der Waals surface area contributed by atoms with Crippen LogP contribution in [0.3, 0.4) is 0 Å². The molecule has 0 aromatic rings. The highest BCUT2D eigenvalue weighted by molar-refractivity contribution is 6.74. The van der Waals surface area contributed by atoms with Crippen molar-refractivity contribution in [3.63, 3.8) is 0 Å². The fourth-order valence-corrected chi connectivity index (χ4v) is 5.02. The molecule has 0 radical (unpaired) electrons. The number of ether oxygens (including phenoxy) is 2. The van der Waals surface area contributed by atoms with Gasteiger partial charge in [-0.1, -0.05) is 41.5 Å². The van der Waals surface area contributed by atoms with Crippen molar-refractivity contribution < 1.29 is 32.7 Å². The number of carbonyl (C=O) groups excluding carboxylic acids is 3. The molecule has 0 unspecified atom stereocenters. The Bertz CT molecular complexity index is 653. The van der Waals surface area contributed by atoms with Gasteiger partial charge in [0.05, 0.1) is 7.11 Å². The van der Waals surface area contributed by atoms with Gasteiger partial charge in [0.15, 0.2) is 28.8 Å². The number of aldehydes is 1. The predicted octanol–water partition coefficient (Wildman–Crippen LogP) is 3.62. The second-order valence-corrected chi connectivity index (χ2v) is 20.4. The quantitative estimate of drug-likeness (QED) is 0.335. The molecule has 1 aliphatic rings. The molecular formula is C20H39NO7Si2. The predicted molar refractivity (Wildman–Crippen MR) is 119 cm³/mol. The van der Waals surface area contributed by atoms with E-state index in [-0.39, 0.29) is 10.1 Å². The van der Waals surface area contributed by atoms with Gasteiger partial charge in [-0.3, -0.25) is 0 Å². The van der Waals surface area contributed by atoms with E-state index in [1.165, 1.54) is 7.11 Å². The molecule has 1 aliphatic heterocycles. The molecule has 0 saturated carbocycles. The zero-order chi connectivity index (χ0) is 23.7. The summed E-state index contributed by atoms with van der Waals surface area (Å²) >= 11 is 0. The summed E-state index contributed by atoms with van der Waals surface area (Å²) in [6, 6.07) is -0.942. The molecule has 0 bridgehead atoms. The van der Waals surface area contributed by atoms with E-state index < -0.39 is 53.1 Å². The van der Waals surface area contributed by atoms with Gasteiger partial charge in [0, 0.05) is 0 Å². The first-order valence-corrected chi connectivity index (χ1v) is 16.1. The van der Waals surface area contributed by atoms with Crippen LogP contribution in [0, 0.1) is 0 Å². The first kappa shape index (κ1) is 26.8. The number of alkyl carbamates (subject to hydrolysis) is 1. The highest BCUT2D eigenvalue weighted by Gasteiger charge is 2.53. The Morgan fingerprint density at radius 3 is 1.90 bits per heavy atom. The molecule has 8 nitrogen and oxygen atoms in total. The number of cyclic esters (lactones) is 1. The Morgan fingerprint density at radius 2 is 1.50 bits per heavy atom. The van der Waals surface area contributed by atoms with E-state index in [0.717, 1.165) is 0 Å². The van der Waals surface area contributed by atoms with Crippen molar-refractivity contribution in [3.05, 3.63) is 0 Å². The monoisotopic (exact) mass is 461 g/mol. The summed E-state index contributed by atoms with van der Waals surface area (Å²) in [5, 5.41) is 2.10. The van der Waals surface area contributed by atoms with E-state index in [0.29, 0.717) is 6.29 Å². The van der Waals surface area contributed by atoms with Gasteiger partial charge in [0.2, 0.25) is 0 Å². The molecular weight excluding hydrogens is 422 g/mol. The van der Waals surface area contributed by atoms with Crippen molar-refractivity contribution in [2.45, 2.75) is 102 Å². The number of rotatable bonds is 8. The van der Waals surface area contributed by atoms with Crippen LogP contribution < -0.4 is 5.32 Å². The average molecular weight is 462 g/mol. The van der Waals surface area contributed by atoms with Gasteiger partial charge in [-0.15, -0.1) is 0 Å². The third-order valence-corrected chi connectivity index (χ3v) is 15.5. The van der Waals surface area contributed by atoms with Gasteiger partial charge >= 0.3 is 12.1 Å². The maximum atomic E-state index is 12.9. The third-order valence-electron chi connectivity index (χ3n) is 6.55. The lowest BCUT2D eigenvalue weighted by Gasteiger charge is -2.45. The van der Waals surface area contributed by atoms with Gasteiger partial charge in [-0.2, -0.15) is 0 Å². The van der Waals surface area contributed by atoms with E-state index in [2.05, 4.69) is 46.9 Å². The molecule has 0 aromatic carbocycles. The van der Waals surface area contributed by atoms with E-state index in [4.69, 9.17) is 18.3 Å². The van der Waals surface area contributed by atoms with Crippen molar-refractivity contribution >= 4 is 35.0 Å². The summed E-state index contributed by atoms with van der Waals surface area (Å²) in [7, 11) is -3.61. The summed E-state index contributed by atoms with van der Waals surface area (Å²) in [5.74, 6) is -0.615. The molecule has 10 heteroatoms. The Kier molecular flexibility index (Phi) is 8.12. The number of esters is 1. The van der Waals surface area contributed by atoms with Crippen LogP contribution in [0.5, 0.6) is 0 Å². The van der Waals surface area contributed by atoms with Crippen LogP contribution in [0.2, 0.25) is 36.3 Å². The van der Waals surface area contributed by atoms with Gasteiger partial charge < -0.3 is 28.4 Å². The van der Waals surface area contributed by atoms with Crippen LogP contribution in [0.4, 0.5) is 4.79 Å². The maximum Gasteiger partial charge on any atom is 0.408 e. The summed E-state index contributed by atoms with van der Waals surface area (Å²) in [4.78, 5) is 36.4. The van der Waals surface area contributed by atoms with E-state index in [1.807, 2.05) is 26.2 Å². The molecule has 1 N–H and O–H groups in total. The standard InChI is InChI=1S/C20H39NO7Si2/c1-19(2,3)29(8,9)27-15(14-13(12-22)21-18(24)26-14)16(17(23)25-7)28-30(10,11)20(4,5)6/h12-16H,1-11H3,(H,21,24)/t13-,14-,15+,16+/m1/s1. The summed E-state index contributed by atoms with van der Waals surface area (Å²) < 4.78 is 23.5. The van der Waals surface area contributed by atoms with E-state index >= 15 is 0 Å². The number of carbonyl (C=O) groups is 3. The highest BCUT2D eigenvalue weighted by Crippen LogP contribution is 2.41. The fraction of sp³-hybridized carbons (Fsp3) is 0.850. The molecule has 4 atom stereocenters. The molecule has 1 fully saturated rings.